The first-order valence-corrected chi connectivity index (χ1v) is 8.61. The van der Waals surface area contributed by atoms with E-state index in [1.807, 2.05) is 20.8 Å². The lowest BCUT2D eigenvalue weighted by Gasteiger charge is -2.45. The monoisotopic (exact) mass is 296 g/mol. The van der Waals surface area contributed by atoms with Crippen LogP contribution in [0, 0.1) is 5.92 Å². The highest BCUT2D eigenvalue weighted by Gasteiger charge is 2.34. The van der Waals surface area contributed by atoms with E-state index in [9.17, 15) is 4.79 Å². The Bertz CT molecular complexity index is 347. The maximum Gasteiger partial charge on any atom is 0.407 e. The van der Waals surface area contributed by atoms with Crippen molar-refractivity contribution in [3.8, 4) is 0 Å². The summed E-state index contributed by atoms with van der Waals surface area (Å²) < 4.78 is 5.40. The summed E-state index contributed by atoms with van der Waals surface area (Å²) >= 11 is 0. The van der Waals surface area contributed by atoms with Crippen molar-refractivity contribution in [3.05, 3.63) is 0 Å². The Morgan fingerprint density at radius 3 is 2.52 bits per heavy atom. The fourth-order valence-electron chi connectivity index (χ4n) is 3.49. The van der Waals surface area contributed by atoms with Crippen molar-refractivity contribution in [3.63, 3.8) is 0 Å². The van der Waals surface area contributed by atoms with E-state index in [2.05, 4.69) is 17.1 Å². The third-order valence-corrected chi connectivity index (χ3v) is 4.57. The lowest BCUT2D eigenvalue weighted by atomic mass is 9.85. The number of nitrogens with one attached hydrogen (secondary N) is 1. The van der Waals surface area contributed by atoms with E-state index >= 15 is 0 Å². The van der Waals surface area contributed by atoms with Gasteiger partial charge in [-0.1, -0.05) is 19.8 Å². The van der Waals surface area contributed by atoms with Gasteiger partial charge in [-0.25, -0.2) is 4.79 Å². The normalized spacial score (nSPS) is 28.0. The topological polar surface area (TPSA) is 41.6 Å². The molecule has 4 nitrogen and oxygen atoms in total. The minimum Gasteiger partial charge on any atom is -0.444 e. The number of hydrogen-bond donors (Lipinski definition) is 1. The van der Waals surface area contributed by atoms with Gasteiger partial charge in [0, 0.05) is 25.2 Å². The molecule has 0 radical (unpaired) electrons. The molecule has 0 bridgehead atoms. The van der Waals surface area contributed by atoms with Crippen molar-refractivity contribution in [1.82, 2.24) is 10.2 Å². The predicted molar refractivity (Wildman–Crippen MR) is 85.4 cm³/mol. The number of piperidine rings is 1. The van der Waals surface area contributed by atoms with Crippen molar-refractivity contribution < 1.29 is 9.53 Å². The third-order valence-electron chi connectivity index (χ3n) is 4.57. The second-order valence-electron chi connectivity index (χ2n) is 7.77. The number of ether oxygens (including phenoxy) is 1. The van der Waals surface area contributed by atoms with Gasteiger partial charge in [-0.2, -0.15) is 0 Å². The fourth-order valence-corrected chi connectivity index (χ4v) is 3.49. The zero-order chi connectivity index (χ0) is 15.5. The summed E-state index contributed by atoms with van der Waals surface area (Å²) in [6.45, 7) is 10.2. The van der Waals surface area contributed by atoms with Gasteiger partial charge in [0.15, 0.2) is 0 Å². The first-order chi connectivity index (χ1) is 9.87. The van der Waals surface area contributed by atoms with E-state index in [0.717, 1.165) is 19.0 Å². The van der Waals surface area contributed by atoms with E-state index in [4.69, 9.17) is 4.74 Å². The standard InChI is InChI=1S/C17H32N2O2/c1-5-7-13-10-14(18-16(20)21-17(2,3)4)12-19(11-13)15-8-6-9-15/h13-15H,5-12H2,1-4H3,(H,18,20). The second-order valence-corrected chi connectivity index (χ2v) is 7.77. The number of carbonyl (C=O) groups excluding carboxylic acids is 1. The van der Waals surface area contributed by atoms with Gasteiger partial charge in [0.1, 0.15) is 5.60 Å². The van der Waals surface area contributed by atoms with E-state index in [1.165, 1.54) is 38.6 Å². The average Bonchev–Trinajstić information content (AvgIpc) is 2.23. The zero-order valence-electron chi connectivity index (χ0n) is 14.2. The number of amides is 1. The van der Waals surface area contributed by atoms with Crippen molar-refractivity contribution in [1.29, 1.82) is 0 Å². The Labute approximate surface area is 129 Å². The van der Waals surface area contributed by atoms with Crippen molar-refractivity contribution in [2.75, 3.05) is 13.1 Å². The largest absolute Gasteiger partial charge is 0.444 e. The lowest BCUT2D eigenvalue weighted by Crippen LogP contribution is -2.55. The van der Waals surface area contributed by atoms with Crippen LogP contribution in [0.3, 0.4) is 0 Å². The Balaban J connectivity index is 1.88. The maximum atomic E-state index is 12.0. The Morgan fingerprint density at radius 1 is 1.29 bits per heavy atom. The van der Waals surface area contributed by atoms with Gasteiger partial charge < -0.3 is 10.1 Å². The maximum absolute atomic E-state index is 12.0. The molecule has 122 valence electrons. The first kappa shape index (κ1) is 16.6. The molecular weight excluding hydrogens is 264 g/mol. The molecule has 1 N–H and O–H groups in total. The molecule has 1 saturated carbocycles. The molecule has 1 aliphatic carbocycles. The molecule has 4 heteroatoms. The van der Waals surface area contributed by atoms with Crippen LogP contribution in [0.2, 0.25) is 0 Å². The highest BCUT2D eigenvalue weighted by atomic mass is 16.6. The molecule has 2 atom stereocenters. The molecule has 1 heterocycles. The van der Waals surface area contributed by atoms with Crippen LogP contribution in [-0.4, -0.2) is 41.8 Å². The van der Waals surface area contributed by atoms with Gasteiger partial charge in [-0.3, -0.25) is 4.90 Å². The van der Waals surface area contributed by atoms with Crippen LogP contribution in [-0.2, 0) is 4.74 Å². The highest BCUT2D eigenvalue weighted by Crippen LogP contribution is 2.30. The molecule has 0 aromatic carbocycles. The van der Waals surface area contributed by atoms with Crippen LogP contribution >= 0.6 is 0 Å². The number of alkyl carbamates (subject to hydrolysis) is 1. The molecule has 21 heavy (non-hydrogen) atoms. The van der Waals surface area contributed by atoms with Crippen LogP contribution in [0.5, 0.6) is 0 Å². The van der Waals surface area contributed by atoms with Crippen molar-refractivity contribution >= 4 is 6.09 Å². The van der Waals surface area contributed by atoms with Crippen LogP contribution < -0.4 is 5.32 Å². The molecule has 1 amide bonds. The number of carbonyl (C=O) groups is 1. The van der Waals surface area contributed by atoms with Crippen LogP contribution in [0.15, 0.2) is 0 Å². The second kappa shape index (κ2) is 6.99. The van der Waals surface area contributed by atoms with E-state index < -0.39 is 5.60 Å². The van der Waals surface area contributed by atoms with Crippen LogP contribution in [0.4, 0.5) is 4.79 Å². The van der Waals surface area contributed by atoms with Crippen LogP contribution in [0.1, 0.15) is 66.2 Å². The number of hydrogen-bond acceptors (Lipinski definition) is 3. The third kappa shape index (κ3) is 5.17. The number of nitrogens with zero attached hydrogens (tertiary/aromatic N) is 1. The van der Waals surface area contributed by atoms with E-state index in [1.54, 1.807) is 0 Å². The molecule has 1 aliphatic heterocycles. The molecular formula is C17H32N2O2. The molecule has 1 saturated heterocycles. The SMILES string of the molecule is CCCC1CC(NC(=O)OC(C)(C)C)CN(C2CCC2)C1. The number of rotatable bonds is 4. The smallest absolute Gasteiger partial charge is 0.407 e. The Hall–Kier alpha value is -0.770. The minimum atomic E-state index is -0.421. The fraction of sp³-hybridized carbons (Fsp3) is 0.941. The molecule has 0 aromatic rings. The van der Waals surface area contributed by atoms with E-state index in [0.29, 0.717) is 5.92 Å². The van der Waals surface area contributed by atoms with Gasteiger partial charge in [-0.05, 0) is 52.4 Å². The molecule has 2 fully saturated rings. The predicted octanol–water partition coefficient (Wildman–Crippen LogP) is 3.55. The summed E-state index contributed by atoms with van der Waals surface area (Å²) in [6, 6.07) is 0.998. The molecule has 2 rings (SSSR count). The Kier molecular flexibility index (Phi) is 5.53. The van der Waals surface area contributed by atoms with Gasteiger partial charge >= 0.3 is 6.09 Å². The van der Waals surface area contributed by atoms with E-state index in [-0.39, 0.29) is 12.1 Å². The summed E-state index contributed by atoms with van der Waals surface area (Å²) in [5, 5.41) is 3.09. The van der Waals surface area contributed by atoms with Gasteiger partial charge in [0.05, 0.1) is 0 Å². The summed E-state index contributed by atoms with van der Waals surface area (Å²) in [7, 11) is 0. The highest BCUT2D eigenvalue weighted by molar-refractivity contribution is 5.68. The molecule has 0 spiro atoms. The van der Waals surface area contributed by atoms with Gasteiger partial charge in [0.25, 0.3) is 0 Å². The average molecular weight is 296 g/mol. The van der Waals surface area contributed by atoms with Crippen molar-refractivity contribution in [2.45, 2.75) is 83.9 Å². The molecule has 2 aliphatic rings. The molecule has 2 unspecified atom stereocenters. The lowest BCUT2D eigenvalue weighted by molar-refractivity contribution is 0.0326. The summed E-state index contributed by atoms with van der Waals surface area (Å²) in [4.78, 5) is 14.6. The van der Waals surface area contributed by atoms with Crippen LogP contribution in [0.25, 0.3) is 0 Å². The molecule has 0 aromatic heterocycles. The van der Waals surface area contributed by atoms with Gasteiger partial charge in [-0.15, -0.1) is 0 Å². The van der Waals surface area contributed by atoms with Crippen molar-refractivity contribution in [2.24, 2.45) is 5.92 Å². The Morgan fingerprint density at radius 2 is 2.00 bits per heavy atom. The summed E-state index contributed by atoms with van der Waals surface area (Å²) in [5.74, 6) is 0.712. The quantitative estimate of drug-likeness (QED) is 0.862. The summed E-state index contributed by atoms with van der Waals surface area (Å²) in [5.41, 5.74) is -0.421. The minimum absolute atomic E-state index is 0.241. The zero-order valence-corrected chi connectivity index (χ0v) is 14.2. The number of likely N-dealkylation sites (tertiary alicyclic amines) is 1. The van der Waals surface area contributed by atoms with Gasteiger partial charge in [0.2, 0.25) is 0 Å². The summed E-state index contributed by atoms with van der Waals surface area (Å²) in [6.07, 6.45) is 7.34. The first-order valence-electron chi connectivity index (χ1n) is 8.61.